The Kier molecular flexibility index (Phi) is 11.8. The van der Waals surface area contributed by atoms with Crippen molar-refractivity contribution in [3.63, 3.8) is 0 Å². The maximum absolute atomic E-state index is 12.5. The van der Waals surface area contributed by atoms with Crippen molar-refractivity contribution in [2.75, 3.05) is 34.0 Å². The zero-order valence-electron chi connectivity index (χ0n) is 25.6. The molecular formula is C29H45N3O13. The van der Waals surface area contributed by atoms with E-state index < -0.39 is 92.0 Å². The van der Waals surface area contributed by atoms with Gasteiger partial charge in [-0.2, -0.15) is 0 Å². The number of carbonyl (C=O) groups excluding carboxylic acids is 2. The second kappa shape index (κ2) is 15.0. The number of carbonyl (C=O) groups is 2. The van der Waals surface area contributed by atoms with Crippen molar-refractivity contribution in [3.8, 4) is 5.75 Å². The number of aliphatic hydroxyl groups is 5. The van der Waals surface area contributed by atoms with Crippen LogP contribution < -0.4 is 21.1 Å². The number of nitrogens with one attached hydrogen (secondary N) is 2. The summed E-state index contributed by atoms with van der Waals surface area (Å²) in [4.78, 5) is 24.4. The molecule has 16 heteroatoms. The average Bonchev–Trinajstić information content (AvgIpc) is 3.23. The lowest BCUT2D eigenvalue weighted by atomic mass is 9.78. The summed E-state index contributed by atoms with van der Waals surface area (Å²) in [5, 5.41) is 57.9. The summed E-state index contributed by atoms with van der Waals surface area (Å²) in [5.74, 6) is -0.408. The van der Waals surface area contributed by atoms with Crippen LogP contribution in [-0.2, 0) is 39.7 Å². The van der Waals surface area contributed by atoms with E-state index in [1.54, 1.807) is 24.3 Å². The second-order valence-corrected chi connectivity index (χ2v) is 12.0. The predicted octanol–water partition coefficient (Wildman–Crippen LogP) is -3.49. The van der Waals surface area contributed by atoms with Crippen molar-refractivity contribution in [2.24, 2.45) is 11.1 Å². The number of rotatable bonds is 12. The monoisotopic (exact) mass is 643 g/mol. The molecule has 3 fully saturated rings. The molecule has 254 valence electrons. The first kappa shape index (κ1) is 35.4. The first-order valence-electron chi connectivity index (χ1n) is 14.7. The fourth-order valence-corrected chi connectivity index (χ4v) is 6.01. The quantitative estimate of drug-likeness (QED) is 0.110. The zero-order valence-corrected chi connectivity index (χ0v) is 25.6. The van der Waals surface area contributed by atoms with Gasteiger partial charge in [-0.1, -0.05) is 26.0 Å². The van der Waals surface area contributed by atoms with Crippen LogP contribution in [0.3, 0.4) is 0 Å². The Labute approximate surface area is 260 Å². The molecule has 9 N–H and O–H groups in total. The van der Waals surface area contributed by atoms with Crippen LogP contribution in [0.5, 0.6) is 5.75 Å². The fraction of sp³-hybridized carbons (Fsp3) is 0.724. The minimum absolute atomic E-state index is 0.219. The minimum Gasteiger partial charge on any atom is -0.462 e. The van der Waals surface area contributed by atoms with Gasteiger partial charge in [0.2, 0.25) is 18.1 Å². The summed E-state index contributed by atoms with van der Waals surface area (Å²) >= 11 is 0. The molecular weight excluding hydrogens is 598 g/mol. The molecule has 0 radical (unpaired) electrons. The summed E-state index contributed by atoms with van der Waals surface area (Å²) in [5.41, 5.74) is 5.65. The third-order valence-corrected chi connectivity index (χ3v) is 8.78. The molecule has 12 atom stereocenters. The molecule has 3 heterocycles. The second-order valence-electron chi connectivity index (χ2n) is 12.0. The molecule has 3 aliphatic rings. The van der Waals surface area contributed by atoms with Gasteiger partial charge < -0.3 is 70.3 Å². The number of ether oxygens (including phenoxy) is 6. The third-order valence-electron chi connectivity index (χ3n) is 8.78. The number of methoxy groups -OCH3 is 2. The molecule has 12 unspecified atom stereocenters. The highest BCUT2D eigenvalue weighted by Gasteiger charge is 2.52. The number of aliphatic hydroxyl groups excluding tert-OH is 5. The first-order chi connectivity index (χ1) is 21.4. The van der Waals surface area contributed by atoms with Crippen LogP contribution in [0.1, 0.15) is 19.4 Å². The highest BCUT2D eigenvalue weighted by molar-refractivity contribution is 5.91. The van der Waals surface area contributed by atoms with Crippen LogP contribution in [0.25, 0.3) is 0 Å². The van der Waals surface area contributed by atoms with E-state index in [0.717, 1.165) is 5.56 Å². The van der Waals surface area contributed by atoms with E-state index >= 15 is 0 Å². The highest BCUT2D eigenvalue weighted by atomic mass is 16.7. The van der Waals surface area contributed by atoms with E-state index in [1.165, 1.54) is 14.2 Å². The zero-order chi connectivity index (χ0) is 33.1. The third kappa shape index (κ3) is 7.41. The van der Waals surface area contributed by atoms with Crippen LogP contribution in [0.4, 0.5) is 0 Å². The summed E-state index contributed by atoms with van der Waals surface area (Å²) in [6.45, 7) is 2.42. The van der Waals surface area contributed by atoms with Gasteiger partial charge in [0.05, 0.1) is 19.8 Å². The maximum atomic E-state index is 12.5. The molecule has 4 rings (SSSR count). The Morgan fingerprint density at radius 3 is 2.11 bits per heavy atom. The predicted molar refractivity (Wildman–Crippen MR) is 153 cm³/mol. The molecule has 1 aromatic rings. The molecule has 45 heavy (non-hydrogen) atoms. The Morgan fingerprint density at radius 2 is 1.53 bits per heavy atom. The van der Waals surface area contributed by atoms with E-state index in [2.05, 4.69) is 10.6 Å². The lowest BCUT2D eigenvalue weighted by Gasteiger charge is -2.47. The van der Waals surface area contributed by atoms with Crippen molar-refractivity contribution in [3.05, 3.63) is 29.8 Å². The number of amides is 2. The Hall–Kier alpha value is -2.48. The molecule has 1 aromatic carbocycles. The van der Waals surface area contributed by atoms with Crippen molar-refractivity contribution in [1.29, 1.82) is 0 Å². The van der Waals surface area contributed by atoms with Crippen LogP contribution in [-0.4, -0.2) is 145 Å². The van der Waals surface area contributed by atoms with E-state index in [1.807, 2.05) is 13.8 Å². The van der Waals surface area contributed by atoms with Gasteiger partial charge in [-0.15, -0.1) is 0 Å². The topological polar surface area (TPSA) is 241 Å². The number of hydrogen-bond acceptors (Lipinski definition) is 14. The summed E-state index contributed by atoms with van der Waals surface area (Å²) in [6.07, 6.45) is -12.2. The number of nitrogens with two attached hydrogens (primary N) is 1. The molecule has 0 aromatic heterocycles. The Morgan fingerprint density at radius 1 is 0.933 bits per heavy atom. The molecule has 0 aliphatic carbocycles. The largest absolute Gasteiger partial charge is 0.462 e. The molecule has 3 aliphatic heterocycles. The highest BCUT2D eigenvalue weighted by Crippen LogP contribution is 2.34. The van der Waals surface area contributed by atoms with Gasteiger partial charge in [-0.25, -0.2) is 0 Å². The number of benzene rings is 1. The normalized spacial score (nSPS) is 38.0. The van der Waals surface area contributed by atoms with Crippen LogP contribution in [0.15, 0.2) is 24.3 Å². The van der Waals surface area contributed by atoms with Crippen LogP contribution in [0.2, 0.25) is 0 Å². The van der Waals surface area contributed by atoms with Crippen molar-refractivity contribution < 1.29 is 63.5 Å². The van der Waals surface area contributed by atoms with Crippen molar-refractivity contribution in [1.82, 2.24) is 10.6 Å². The van der Waals surface area contributed by atoms with Gasteiger partial charge in [0, 0.05) is 25.7 Å². The molecule has 3 saturated heterocycles. The van der Waals surface area contributed by atoms with Gasteiger partial charge in [-0.05, 0) is 24.1 Å². The molecule has 16 nitrogen and oxygen atoms in total. The van der Waals surface area contributed by atoms with Gasteiger partial charge in [0.15, 0.2) is 6.29 Å². The average molecular weight is 644 g/mol. The molecule has 0 spiro atoms. The first-order valence-corrected chi connectivity index (χ1v) is 14.7. The van der Waals surface area contributed by atoms with E-state index in [9.17, 15) is 35.1 Å². The summed E-state index contributed by atoms with van der Waals surface area (Å²) in [6, 6.07) is 5.80. The van der Waals surface area contributed by atoms with Crippen molar-refractivity contribution >= 4 is 11.8 Å². The standard InChI is InChI=1S/C29H45N3O13/c1-29(2)17(31-26(39)25(29)32-18(35)10-30)9-13-5-7-14(8-6-13)42-27-20(37)19(36)23(16(12-34)43-27)45-28-24(41-4)21(38)22(40-3)15(11-33)44-28/h5-8,15-17,19-25,27-28,33-34,36-38H,9-12,30H2,1-4H3,(H,31,39)(H,32,35). The SMILES string of the molecule is COC1C(CO)OC(OC2C(CO)OC(Oc3ccc(CC4NC(=O)C(NC(=O)CN)C4(C)C)cc3)C(O)C2O)C(OC)C1O. The van der Waals surface area contributed by atoms with Crippen molar-refractivity contribution in [2.45, 2.75) is 93.8 Å². The Balaban J connectivity index is 1.39. The van der Waals surface area contributed by atoms with Gasteiger partial charge >= 0.3 is 0 Å². The molecule has 0 saturated carbocycles. The summed E-state index contributed by atoms with van der Waals surface area (Å²) < 4.78 is 33.7. The lowest BCUT2D eigenvalue weighted by molar-refractivity contribution is -0.356. The van der Waals surface area contributed by atoms with Gasteiger partial charge in [0.25, 0.3) is 0 Å². The van der Waals surface area contributed by atoms with E-state index in [-0.39, 0.29) is 18.5 Å². The van der Waals surface area contributed by atoms with Crippen LogP contribution in [0, 0.1) is 5.41 Å². The van der Waals surface area contributed by atoms with Gasteiger partial charge in [-0.3, -0.25) is 9.59 Å². The van der Waals surface area contributed by atoms with E-state index in [0.29, 0.717) is 12.2 Å². The maximum Gasteiger partial charge on any atom is 0.243 e. The smallest absolute Gasteiger partial charge is 0.243 e. The molecule has 2 amide bonds. The molecule has 0 bridgehead atoms. The fourth-order valence-electron chi connectivity index (χ4n) is 6.01. The van der Waals surface area contributed by atoms with Crippen LogP contribution >= 0.6 is 0 Å². The lowest BCUT2D eigenvalue weighted by Crippen LogP contribution is -2.65. The summed E-state index contributed by atoms with van der Waals surface area (Å²) in [7, 11) is 2.65. The van der Waals surface area contributed by atoms with Gasteiger partial charge in [0.1, 0.15) is 60.6 Å². The van der Waals surface area contributed by atoms with E-state index in [4.69, 9.17) is 34.2 Å². The number of hydrogen-bond donors (Lipinski definition) is 8. The minimum atomic E-state index is -1.62. The Bertz CT molecular complexity index is 1140.